The fourth-order valence-corrected chi connectivity index (χ4v) is 2.61. The third-order valence-electron chi connectivity index (χ3n) is 3.56. The smallest absolute Gasteiger partial charge is 0.434 e. The molecule has 1 N–H and O–H groups in total. The predicted molar refractivity (Wildman–Crippen MR) is 71.5 cm³/mol. The Morgan fingerprint density at radius 2 is 2.10 bits per heavy atom. The molecule has 0 saturated carbocycles. The van der Waals surface area contributed by atoms with E-state index >= 15 is 0 Å². The van der Waals surface area contributed by atoms with Gasteiger partial charge in [0.2, 0.25) is 5.95 Å². The maximum atomic E-state index is 12.8. The number of nitrogens with zero attached hydrogens (tertiary/aromatic N) is 2. The summed E-state index contributed by atoms with van der Waals surface area (Å²) in [7, 11) is 1.55. The predicted octanol–water partition coefficient (Wildman–Crippen LogP) is 3.32. The number of methoxy groups -OCH3 is 1. The third-order valence-corrected chi connectivity index (χ3v) is 3.56. The second kappa shape index (κ2) is 4.98. The van der Waals surface area contributed by atoms with Gasteiger partial charge in [-0.2, -0.15) is 13.2 Å². The normalized spacial score (nSPS) is 18.0. The van der Waals surface area contributed by atoms with Crippen molar-refractivity contribution in [3.8, 4) is 5.75 Å². The molecule has 7 heteroatoms. The van der Waals surface area contributed by atoms with Crippen molar-refractivity contribution in [1.29, 1.82) is 0 Å². The molecule has 1 unspecified atom stereocenters. The van der Waals surface area contributed by atoms with Crippen molar-refractivity contribution in [2.24, 2.45) is 0 Å². The first-order chi connectivity index (χ1) is 10.0. The summed E-state index contributed by atoms with van der Waals surface area (Å²) in [5.74, 6) is 0.905. The van der Waals surface area contributed by atoms with E-state index in [0.29, 0.717) is 18.7 Å². The highest BCUT2D eigenvalue weighted by Gasteiger charge is 2.37. The second-order valence-electron chi connectivity index (χ2n) is 4.83. The van der Waals surface area contributed by atoms with Gasteiger partial charge in [-0.25, -0.2) is 4.98 Å². The number of halogens is 3. The van der Waals surface area contributed by atoms with Crippen LogP contribution in [-0.2, 0) is 6.18 Å². The van der Waals surface area contributed by atoms with Gasteiger partial charge in [0, 0.05) is 18.3 Å². The average Bonchev–Trinajstić information content (AvgIpc) is 2.91. The summed E-state index contributed by atoms with van der Waals surface area (Å²) in [6.07, 6.45) is -2.73. The number of rotatable bonds is 2. The SMILES string of the molecule is COc1ccccc1C1CCNc2nc(C(F)(F)F)cn21. The quantitative estimate of drug-likeness (QED) is 0.924. The summed E-state index contributed by atoms with van der Waals surface area (Å²) >= 11 is 0. The third kappa shape index (κ3) is 2.43. The first-order valence-corrected chi connectivity index (χ1v) is 6.53. The van der Waals surface area contributed by atoms with Crippen molar-refractivity contribution < 1.29 is 17.9 Å². The van der Waals surface area contributed by atoms with E-state index in [4.69, 9.17) is 4.74 Å². The monoisotopic (exact) mass is 297 g/mol. The molecule has 0 fully saturated rings. The Bertz CT molecular complexity index is 651. The fraction of sp³-hybridized carbons (Fsp3) is 0.357. The molecule has 0 radical (unpaired) electrons. The zero-order chi connectivity index (χ0) is 15.0. The number of hydrogen-bond acceptors (Lipinski definition) is 3. The molecule has 2 heterocycles. The minimum absolute atomic E-state index is 0.221. The van der Waals surface area contributed by atoms with E-state index in [1.54, 1.807) is 13.2 Å². The van der Waals surface area contributed by atoms with Gasteiger partial charge in [0.15, 0.2) is 5.69 Å². The average molecular weight is 297 g/mol. The van der Waals surface area contributed by atoms with Crippen molar-refractivity contribution in [3.05, 3.63) is 41.7 Å². The highest BCUT2D eigenvalue weighted by molar-refractivity contribution is 5.42. The van der Waals surface area contributed by atoms with Gasteiger partial charge in [0.1, 0.15) is 5.75 Å². The maximum absolute atomic E-state index is 12.8. The Kier molecular flexibility index (Phi) is 3.27. The number of para-hydroxylation sites is 1. The lowest BCUT2D eigenvalue weighted by Crippen LogP contribution is -2.23. The zero-order valence-electron chi connectivity index (χ0n) is 11.3. The highest BCUT2D eigenvalue weighted by atomic mass is 19.4. The van der Waals surface area contributed by atoms with Crippen LogP contribution in [-0.4, -0.2) is 23.2 Å². The topological polar surface area (TPSA) is 39.1 Å². The molecular formula is C14H14F3N3O. The number of benzene rings is 1. The molecule has 3 rings (SSSR count). The van der Waals surface area contributed by atoms with E-state index in [0.717, 1.165) is 11.8 Å². The molecule has 0 amide bonds. The summed E-state index contributed by atoms with van der Waals surface area (Å²) in [6, 6.07) is 7.13. The molecule has 1 aliphatic rings. The van der Waals surface area contributed by atoms with Crippen LogP contribution in [0.15, 0.2) is 30.5 Å². The lowest BCUT2D eigenvalue weighted by molar-refractivity contribution is -0.140. The fourth-order valence-electron chi connectivity index (χ4n) is 2.61. The van der Waals surface area contributed by atoms with E-state index in [-0.39, 0.29) is 12.0 Å². The molecule has 2 aromatic rings. The van der Waals surface area contributed by atoms with Crippen LogP contribution >= 0.6 is 0 Å². The van der Waals surface area contributed by atoms with Crippen LogP contribution in [0, 0.1) is 0 Å². The highest BCUT2D eigenvalue weighted by Crippen LogP contribution is 2.37. The maximum Gasteiger partial charge on any atom is 0.434 e. The Labute approximate surface area is 119 Å². The first-order valence-electron chi connectivity index (χ1n) is 6.53. The number of hydrogen-bond donors (Lipinski definition) is 1. The molecule has 1 aliphatic heterocycles. The summed E-state index contributed by atoms with van der Waals surface area (Å²) in [5, 5.41) is 2.90. The second-order valence-corrected chi connectivity index (χ2v) is 4.83. The van der Waals surface area contributed by atoms with Crippen LogP contribution in [0.4, 0.5) is 19.1 Å². The molecule has 0 aliphatic carbocycles. The van der Waals surface area contributed by atoms with Crippen molar-refractivity contribution in [1.82, 2.24) is 9.55 Å². The van der Waals surface area contributed by atoms with E-state index in [1.807, 2.05) is 18.2 Å². The number of nitrogens with one attached hydrogen (secondary N) is 1. The van der Waals surface area contributed by atoms with Crippen molar-refractivity contribution in [2.45, 2.75) is 18.6 Å². The van der Waals surface area contributed by atoms with Crippen LogP contribution in [0.25, 0.3) is 0 Å². The Balaban J connectivity index is 2.06. The van der Waals surface area contributed by atoms with Gasteiger partial charge in [-0.05, 0) is 12.5 Å². The van der Waals surface area contributed by atoms with Crippen LogP contribution in [0.2, 0.25) is 0 Å². The molecule has 1 aromatic carbocycles. The van der Waals surface area contributed by atoms with E-state index in [2.05, 4.69) is 10.3 Å². The minimum atomic E-state index is -4.45. The molecule has 1 atom stereocenters. The number of ether oxygens (including phenoxy) is 1. The van der Waals surface area contributed by atoms with Crippen LogP contribution in [0.3, 0.4) is 0 Å². The Morgan fingerprint density at radius 1 is 1.33 bits per heavy atom. The lowest BCUT2D eigenvalue weighted by Gasteiger charge is -2.27. The van der Waals surface area contributed by atoms with Gasteiger partial charge in [-0.3, -0.25) is 0 Å². The molecule has 1 aromatic heterocycles. The molecule has 0 spiro atoms. The Hall–Kier alpha value is -2.18. The number of aromatic nitrogens is 2. The largest absolute Gasteiger partial charge is 0.496 e. The number of anilines is 1. The van der Waals surface area contributed by atoms with E-state index in [1.165, 1.54) is 4.57 Å². The summed E-state index contributed by atoms with van der Waals surface area (Å²) in [6.45, 7) is 0.566. The van der Waals surface area contributed by atoms with Crippen LogP contribution < -0.4 is 10.1 Å². The van der Waals surface area contributed by atoms with Gasteiger partial charge in [-0.1, -0.05) is 18.2 Å². The number of fused-ring (bicyclic) bond motifs is 1. The molecule has 0 bridgehead atoms. The standard InChI is InChI=1S/C14H14F3N3O/c1-21-11-5-3-2-4-9(11)10-6-7-18-13-19-12(8-20(10)13)14(15,16)17/h2-5,8,10H,6-7H2,1H3,(H,18,19). The van der Waals surface area contributed by atoms with Gasteiger partial charge in [-0.15, -0.1) is 0 Å². The molecule has 0 saturated heterocycles. The number of alkyl halides is 3. The van der Waals surface area contributed by atoms with Gasteiger partial charge < -0.3 is 14.6 Å². The van der Waals surface area contributed by atoms with Gasteiger partial charge >= 0.3 is 6.18 Å². The Morgan fingerprint density at radius 3 is 2.81 bits per heavy atom. The number of imidazole rings is 1. The molecule has 21 heavy (non-hydrogen) atoms. The van der Waals surface area contributed by atoms with E-state index < -0.39 is 11.9 Å². The van der Waals surface area contributed by atoms with Crippen LogP contribution in [0.5, 0.6) is 5.75 Å². The van der Waals surface area contributed by atoms with Gasteiger partial charge in [0.25, 0.3) is 0 Å². The minimum Gasteiger partial charge on any atom is -0.496 e. The molecule has 112 valence electrons. The van der Waals surface area contributed by atoms with Crippen molar-refractivity contribution in [2.75, 3.05) is 19.0 Å². The summed E-state index contributed by atoms with van der Waals surface area (Å²) in [5.41, 5.74) is -0.0272. The van der Waals surface area contributed by atoms with Crippen molar-refractivity contribution >= 4 is 5.95 Å². The molecule has 4 nitrogen and oxygen atoms in total. The summed E-state index contributed by atoms with van der Waals surface area (Å²) in [4.78, 5) is 3.64. The summed E-state index contributed by atoms with van der Waals surface area (Å²) < 4.78 is 45.3. The molecular weight excluding hydrogens is 283 g/mol. The van der Waals surface area contributed by atoms with E-state index in [9.17, 15) is 13.2 Å². The zero-order valence-corrected chi connectivity index (χ0v) is 11.3. The van der Waals surface area contributed by atoms with Crippen molar-refractivity contribution in [3.63, 3.8) is 0 Å². The first kappa shape index (κ1) is 13.8. The van der Waals surface area contributed by atoms with Gasteiger partial charge in [0.05, 0.1) is 13.2 Å². The van der Waals surface area contributed by atoms with Crippen LogP contribution in [0.1, 0.15) is 23.7 Å². The lowest BCUT2D eigenvalue weighted by atomic mass is 10.0.